The summed E-state index contributed by atoms with van der Waals surface area (Å²) in [5.41, 5.74) is 7.76. The topological polar surface area (TPSA) is 100 Å². The molecule has 0 amide bonds. The molecule has 0 aromatic rings. The Kier molecular flexibility index (Phi) is 34.4. The second-order valence-corrected chi connectivity index (χ2v) is 13.5. The average molecular weight is 615 g/mol. The lowest BCUT2D eigenvalue weighted by atomic mass is 10.0. The number of nitrogens with zero attached hydrogens (tertiary/aromatic N) is 1. The average Bonchev–Trinajstić information content (AvgIpc) is 3.02. The van der Waals surface area contributed by atoms with E-state index in [1.807, 2.05) is 0 Å². The van der Waals surface area contributed by atoms with E-state index >= 15 is 0 Å². The van der Waals surface area contributed by atoms with Crippen LogP contribution in [0.15, 0.2) is 0 Å². The van der Waals surface area contributed by atoms with Crippen LogP contribution in [0.1, 0.15) is 194 Å². The number of hydrogen-bond acceptors (Lipinski definition) is 7. The number of hydrogen-bond donors (Lipinski definition) is 6. The molecule has 0 saturated heterocycles. The van der Waals surface area contributed by atoms with Gasteiger partial charge in [-0.05, 0) is 19.3 Å². The van der Waals surface area contributed by atoms with Crippen LogP contribution in [0.2, 0.25) is 0 Å². The summed E-state index contributed by atoms with van der Waals surface area (Å²) >= 11 is 0. The fourth-order valence-electron chi connectivity index (χ4n) is 6.32. The van der Waals surface area contributed by atoms with Gasteiger partial charge in [0.2, 0.25) is 0 Å². The van der Waals surface area contributed by atoms with Crippen LogP contribution in [-0.4, -0.2) is 58.3 Å². The molecule has 6 N–H and O–H groups in total. The van der Waals surface area contributed by atoms with Gasteiger partial charge in [0.1, 0.15) is 0 Å². The highest BCUT2D eigenvalue weighted by Crippen LogP contribution is 2.15. The number of unbranched alkanes of at least 4 members (excludes halogenated alkanes) is 21. The van der Waals surface area contributed by atoms with E-state index in [0.29, 0.717) is 19.6 Å². The van der Waals surface area contributed by atoms with Gasteiger partial charge in [-0.3, -0.25) is 4.90 Å². The fourth-order valence-corrected chi connectivity index (χ4v) is 6.32. The first-order chi connectivity index (χ1) is 21.1. The van der Waals surface area contributed by atoms with Crippen LogP contribution in [0.5, 0.6) is 0 Å². The maximum atomic E-state index is 10.0. The van der Waals surface area contributed by atoms with Crippen molar-refractivity contribution in [1.29, 1.82) is 0 Å². The molecule has 0 saturated carbocycles. The second-order valence-electron chi connectivity index (χ2n) is 13.5. The standard InChI is InChI=1S/C36H78N4O3/c1-4-7-10-13-16-19-22-25-28-34(37-41)31-40(32-35(38-42)29-26-23-20-17-14-11-8-5-2)33-36(39-43)30-27-24-21-18-15-12-9-6-3/h34-39,41-43H,4-33H2,1-3H3. The Hall–Kier alpha value is -0.280. The summed E-state index contributed by atoms with van der Waals surface area (Å²) in [7, 11) is 0. The molecule has 43 heavy (non-hydrogen) atoms. The maximum Gasteiger partial charge on any atom is 0.0446 e. The number of nitrogens with one attached hydrogen (secondary N) is 3. The van der Waals surface area contributed by atoms with Crippen LogP contribution in [0.4, 0.5) is 0 Å². The van der Waals surface area contributed by atoms with Gasteiger partial charge in [-0.2, -0.15) is 0 Å². The van der Waals surface area contributed by atoms with E-state index in [9.17, 15) is 15.6 Å². The first-order valence-corrected chi connectivity index (χ1v) is 19.1. The van der Waals surface area contributed by atoms with Gasteiger partial charge in [-0.15, -0.1) is 0 Å². The molecule has 0 fully saturated rings. The monoisotopic (exact) mass is 615 g/mol. The zero-order valence-electron chi connectivity index (χ0n) is 29.2. The first-order valence-electron chi connectivity index (χ1n) is 19.1. The molecule has 0 aliphatic carbocycles. The van der Waals surface area contributed by atoms with Crippen LogP contribution in [0.3, 0.4) is 0 Å². The van der Waals surface area contributed by atoms with Crippen molar-refractivity contribution in [3.05, 3.63) is 0 Å². The quantitative estimate of drug-likeness (QED) is 0.0308. The van der Waals surface area contributed by atoms with Crippen LogP contribution in [-0.2, 0) is 0 Å². The molecule has 0 heterocycles. The van der Waals surface area contributed by atoms with Crippen LogP contribution < -0.4 is 16.4 Å². The third kappa shape index (κ3) is 28.9. The van der Waals surface area contributed by atoms with Crippen molar-refractivity contribution in [2.45, 2.75) is 212 Å². The minimum atomic E-state index is -0.00924. The Morgan fingerprint density at radius 1 is 0.349 bits per heavy atom. The molecule has 0 aliphatic heterocycles. The van der Waals surface area contributed by atoms with E-state index in [1.54, 1.807) is 0 Å². The molecular formula is C36H78N4O3. The highest BCUT2D eigenvalue weighted by molar-refractivity contribution is 4.78. The summed E-state index contributed by atoms with van der Waals surface area (Å²) < 4.78 is 0. The molecular weight excluding hydrogens is 536 g/mol. The van der Waals surface area contributed by atoms with E-state index in [4.69, 9.17) is 0 Å². The molecule has 7 nitrogen and oxygen atoms in total. The smallest absolute Gasteiger partial charge is 0.0446 e. The van der Waals surface area contributed by atoms with Gasteiger partial charge in [0.25, 0.3) is 0 Å². The molecule has 0 aromatic heterocycles. The largest absolute Gasteiger partial charge is 0.316 e. The second kappa shape index (κ2) is 34.6. The molecule has 3 unspecified atom stereocenters. The van der Waals surface area contributed by atoms with Crippen LogP contribution >= 0.6 is 0 Å². The highest BCUT2D eigenvalue weighted by atomic mass is 16.5. The molecule has 3 atom stereocenters. The molecule has 0 bridgehead atoms. The molecule has 0 aliphatic rings. The van der Waals surface area contributed by atoms with Crippen molar-refractivity contribution >= 4 is 0 Å². The molecule has 0 rings (SSSR count). The van der Waals surface area contributed by atoms with E-state index in [0.717, 1.165) is 38.5 Å². The van der Waals surface area contributed by atoms with Crippen molar-refractivity contribution in [2.24, 2.45) is 0 Å². The predicted octanol–water partition coefficient (Wildman–Crippen LogP) is 9.92. The summed E-state index contributed by atoms with van der Waals surface area (Å²) in [4.78, 5) is 2.33. The Balaban J connectivity index is 4.78. The lowest BCUT2D eigenvalue weighted by molar-refractivity contribution is 0.0490. The molecule has 7 heteroatoms. The van der Waals surface area contributed by atoms with E-state index < -0.39 is 0 Å². The van der Waals surface area contributed by atoms with Crippen molar-refractivity contribution in [1.82, 2.24) is 21.3 Å². The van der Waals surface area contributed by atoms with Gasteiger partial charge in [-0.1, -0.05) is 175 Å². The lowest BCUT2D eigenvalue weighted by Gasteiger charge is -2.32. The van der Waals surface area contributed by atoms with Gasteiger partial charge in [0.15, 0.2) is 0 Å². The van der Waals surface area contributed by atoms with Gasteiger partial charge in [0, 0.05) is 37.8 Å². The summed E-state index contributed by atoms with van der Waals surface area (Å²) in [6.07, 6.45) is 33.5. The Morgan fingerprint density at radius 3 is 0.767 bits per heavy atom. The third-order valence-electron chi connectivity index (χ3n) is 9.20. The summed E-state index contributed by atoms with van der Waals surface area (Å²) in [5, 5.41) is 30.0. The summed E-state index contributed by atoms with van der Waals surface area (Å²) in [5.74, 6) is 0. The number of hydroxylamine groups is 3. The number of rotatable bonds is 36. The van der Waals surface area contributed by atoms with Crippen molar-refractivity contribution in [2.75, 3.05) is 19.6 Å². The highest BCUT2D eigenvalue weighted by Gasteiger charge is 2.21. The summed E-state index contributed by atoms with van der Waals surface area (Å²) in [6.45, 7) is 8.90. The fraction of sp³-hybridized carbons (Fsp3) is 1.00. The molecule has 0 radical (unpaired) electrons. The van der Waals surface area contributed by atoms with Gasteiger partial charge >= 0.3 is 0 Å². The maximum absolute atomic E-state index is 10.0. The SMILES string of the molecule is CCCCCCCCCCC(CN(CC(CCCCCCCCCC)NO)CC(CCCCCCCCCC)NO)NO. The predicted molar refractivity (Wildman–Crippen MR) is 184 cm³/mol. The van der Waals surface area contributed by atoms with Crippen LogP contribution in [0.25, 0.3) is 0 Å². The molecule has 0 spiro atoms. The minimum absolute atomic E-state index is 0.00924. The van der Waals surface area contributed by atoms with Crippen molar-refractivity contribution in [3.8, 4) is 0 Å². The normalized spacial score (nSPS) is 14.0. The Bertz CT molecular complexity index is 457. The van der Waals surface area contributed by atoms with E-state index in [-0.39, 0.29) is 18.1 Å². The molecule has 260 valence electrons. The Labute approximate surface area is 268 Å². The van der Waals surface area contributed by atoms with Crippen molar-refractivity contribution < 1.29 is 15.6 Å². The van der Waals surface area contributed by atoms with Gasteiger partial charge < -0.3 is 15.6 Å². The van der Waals surface area contributed by atoms with E-state index in [1.165, 1.54) is 135 Å². The van der Waals surface area contributed by atoms with Crippen molar-refractivity contribution in [3.63, 3.8) is 0 Å². The van der Waals surface area contributed by atoms with E-state index in [2.05, 4.69) is 42.1 Å². The zero-order valence-corrected chi connectivity index (χ0v) is 29.2. The van der Waals surface area contributed by atoms with Gasteiger partial charge in [0.05, 0.1) is 0 Å². The van der Waals surface area contributed by atoms with Crippen LogP contribution in [0, 0.1) is 0 Å². The zero-order chi connectivity index (χ0) is 31.6. The molecule has 0 aromatic carbocycles. The summed E-state index contributed by atoms with van der Waals surface area (Å²) in [6, 6.07) is -0.0277. The lowest BCUT2D eigenvalue weighted by Crippen LogP contribution is -2.50. The van der Waals surface area contributed by atoms with Gasteiger partial charge in [-0.25, -0.2) is 16.4 Å². The Morgan fingerprint density at radius 2 is 0.558 bits per heavy atom. The minimum Gasteiger partial charge on any atom is -0.316 e. The first kappa shape index (κ1) is 42.7. The third-order valence-corrected chi connectivity index (χ3v) is 9.20.